The molecule has 34 heavy (non-hydrogen) atoms. The van der Waals surface area contributed by atoms with Gasteiger partial charge < -0.3 is 20.7 Å². The minimum atomic E-state index is -1.27. The van der Waals surface area contributed by atoms with Gasteiger partial charge in [-0.15, -0.1) is 0 Å². The monoisotopic (exact) mass is 567 g/mol. The normalized spacial score (nSPS) is 11.7. The summed E-state index contributed by atoms with van der Waals surface area (Å²) < 4.78 is 0.620. The molecule has 1 amide bonds. The summed E-state index contributed by atoms with van der Waals surface area (Å²) in [4.78, 5) is 39.4. The number of carboxylic acid groups (broad SMARTS) is 1. The molecule has 0 fully saturated rings. The molecule has 1 heterocycles. The van der Waals surface area contributed by atoms with E-state index in [0.717, 1.165) is 11.1 Å². The van der Waals surface area contributed by atoms with Crippen molar-refractivity contribution in [3.63, 3.8) is 0 Å². The molecule has 0 spiro atoms. The molecular weight excluding hydrogens is 545 g/mol. The van der Waals surface area contributed by atoms with Gasteiger partial charge in [-0.05, 0) is 64.9 Å². The zero-order chi connectivity index (χ0) is 24.2. The zero-order valence-corrected chi connectivity index (χ0v) is 20.4. The number of carboxylic acids is 1. The van der Waals surface area contributed by atoms with Gasteiger partial charge in [0.2, 0.25) is 5.43 Å². The van der Waals surface area contributed by atoms with Crippen LogP contribution in [-0.4, -0.2) is 34.6 Å². The number of halogens is 1. The Bertz CT molecular complexity index is 1420. The standard InChI is InChI=1S/C26H22IN3O4/c1-15(30-25(32)18-9-7-17(8-10-18)16-5-3-2-4-6-16)13-28-21-12-11-20-22(23(21)27)24(31)19(14-29-20)26(33)34/h2-12,14-15,28H,13H2,1H3,(H,29,31)(H,30,32)(H,33,34)/t15-/m0/s1. The molecule has 4 aromatic rings. The van der Waals surface area contributed by atoms with Gasteiger partial charge in [0.15, 0.2) is 0 Å². The number of rotatable bonds is 7. The molecule has 3 aromatic carbocycles. The van der Waals surface area contributed by atoms with Crippen LogP contribution in [0.2, 0.25) is 0 Å². The van der Waals surface area contributed by atoms with Gasteiger partial charge in [-0.1, -0.05) is 42.5 Å². The van der Waals surface area contributed by atoms with Gasteiger partial charge in [0.1, 0.15) is 5.56 Å². The Hall–Kier alpha value is -3.66. The minimum absolute atomic E-state index is 0.176. The van der Waals surface area contributed by atoms with E-state index < -0.39 is 11.4 Å². The number of carbonyl (C=O) groups is 2. The van der Waals surface area contributed by atoms with Crippen molar-refractivity contribution in [3.8, 4) is 11.1 Å². The van der Waals surface area contributed by atoms with Crippen LogP contribution in [0.4, 0.5) is 5.69 Å². The Morgan fingerprint density at radius 1 is 1.00 bits per heavy atom. The second-order valence-corrected chi connectivity index (χ2v) is 8.96. The summed E-state index contributed by atoms with van der Waals surface area (Å²) in [5.41, 5.74) is 3.11. The van der Waals surface area contributed by atoms with Crippen molar-refractivity contribution >= 4 is 51.1 Å². The maximum absolute atomic E-state index is 12.7. The number of carbonyl (C=O) groups excluding carboxylic acids is 1. The quantitative estimate of drug-likeness (QED) is 0.242. The van der Waals surface area contributed by atoms with E-state index in [2.05, 4.69) is 15.6 Å². The first-order valence-electron chi connectivity index (χ1n) is 10.6. The molecule has 0 saturated heterocycles. The predicted molar refractivity (Wildman–Crippen MR) is 142 cm³/mol. The number of amides is 1. The van der Waals surface area contributed by atoms with E-state index in [0.29, 0.717) is 32.3 Å². The molecule has 1 atom stereocenters. The lowest BCUT2D eigenvalue weighted by molar-refractivity contribution is 0.0695. The van der Waals surface area contributed by atoms with Crippen molar-refractivity contribution < 1.29 is 14.7 Å². The lowest BCUT2D eigenvalue weighted by Crippen LogP contribution is -2.37. The molecular formula is C26H22IN3O4. The fraction of sp³-hybridized carbons (Fsp3) is 0.115. The van der Waals surface area contributed by atoms with Crippen LogP contribution in [0, 0.1) is 3.57 Å². The summed E-state index contributed by atoms with van der Waals surface area (Å²) in [7, 11) is 0. The number of aromatic nitrogens is 1. The Morgan fingerprint density at radius 2 is 1.68 bits per heavy atom. The van der Waals surface area contributed by atoms with Gasteiger partial charge in [0.05, 0.1) is 10.9 Å². The lowest BCUT2D eigenvalue weighted by atomic mass is 10.0. The summed E-state index contributed by atoms with van der Waals surface area (Å²) in [6, 6.07) is 20.8. The summed E-state index contributed by atoms with van der Waals surface area (Å²) in [5, 5.41) is 15.8. The summed E-state index contributed by atoms with van der Waals surface area (Å²) in [6.45, 7) is 2.30. The van der Waals surface area contributed by atoms with E-state index in [9.17, 15) is 19.5 Å². The first-order chi connectivity index (χ1) is 16.3. The third-order valence-electron chi connectivity index (χ3n) is 5.45. The molecule has 0 bridgehead atoms. The molecule has 172 valence electrons. The molecule has 0 aliphatic heterocycles. The van der Waals surface area contributed by atoms with Crippen LogP contribution in [0.1, 0.15) is 27.6 Å². The maximum atomic E-state index is 12.7. The van der Waals surface area contributed by atoms with E-state index in [4.69, 9.17) is 0 Å². The van der Waals surface area contributed by atoms with Crippen LogP contribution in [0.5, 0.6) is 0 Å². The van der Waals surface area contributed by atoms with Crippen LogP contribution in [0.15, 0.2) is 77.7 Å². The smallest absolute Gasteiger partial charge is 0.341 e. The van der Waals surface area contributed by atoms with Crippen LogP contribution in [-0.2, 0) is 0 Å². The second kappa shape index (κ2) is 10.1. The van der Waals surface area contributed by atoms with E-state index >= 15 is 0 Å². The van der Waals surface area contributed by atoms with Crippen LogP contribution >= 0.6 is 22.6 Å². The Morgan fingerprint density at radius 3 is 2.35 bits per heavy atom. The highest BCUT2D eigenvalue weighted by atomic mass is 127. The summed E-state index contributed by atoms with van der Waals surface area (Å²) >= 11 is 2.03. The number of anilines is 1. The molecule has 1 aromatic heterocycles. The Labute approximate surface area is 209 Å². The van der Waals surface area contributed by atoms with Crippen molar-refractivity contribution in [2.24, 2.45) is 0 Å². The Kier molecular flexibility index (Phi) is 6.97. The highest BCUT2D eigenvalue weighted by molar-refractivity contribution is 14.1. The molecule has 0 aliphatic rings. The number of fused-ring (bicyclic) bond motifs is 1. The number of hydrogen-bond acceptors (Lipinski definition) is 4. The highest BCUT2D eigenvalue weighted by Gasteiger charge is 2.16. The van der Waals surface area contributed by atoms with Crippen LogP contribution < -0.4 is 16.1 Å². The highest BCUT2D eigenvalue weighted by Crippen LogP contribution is 2.25. The molecule has 4 N–H and O–H groups in total. The fourth-order valence-electron chi connectivity index (χ4n) is 3.63. The number of pyridine rings is 1. The molecule has 0 aliphatic carbocycles. The number of H-pyrrole nitrogens is 1. The largest absolute Gasteiger partial charge is 0.477 e. The molecule has 0 unspecified atom stereocenters. The third kappa shape index (κ3) is 4.96. The van der Waals surface area contributed by atoms with E-state index in [1.165, 1.54) is 6.20 Å². The first-order valence-corrected chi connectivity index (χ1v) is 11.7. The van der Waals surface area contributed by atoms with Gasteiger partial charge in [-0.3, -0.25) is 9.59 Å². The van der Waals surface area contributed by atoms with Crippen LogP contribution in [0.25, 0.3) is 22.0 Å². The van der Waals surface area contributed by atoms with Gasteiger partial charge in [0.25, 0.3) is 5.91 Å². The van der Waals surface area contributed by atoms with E-state index in [1.807, 2.05) is 78.0 Å². The number of nitrogens with one attached hydrogen (secondary N) is 3. The maximum Gasteiger partial charge on any atom is 0.341 e. The molecule has 7 nitrogen and oxygen atoms in total. The number of benzene rings is 3. The van der Waals surface area contributed by atoms with Gasteiger partial charge >= 0.3 is 5.97 Å². The second-order valence-electron chi connectivity index (χ2n) is 7.89. The van der Waals surface area contributed by atoms with Gasteiger partial charge in [-0.2, -0.15) is 0 Å². The molecule has 0 radical (unpaired) electrons. The fourth-order valence-corrected chi connectivity index (χ4v) is 4.54. The van der Waals surface area contributed by atoms with Crippen molar-refractivity contribution in [1.82, 2.24) is 10.3 Å². The minimum Gasteiger partial charge on any atom is -0.477 e. The van der Waals surface area contributed by atoms with Crippen LogP contribution in [0.3, 0.4) is 0 Å². The topological polar surface area (TPSA) is 111 Å². The van der Waals surface area contributed by atoms with Gasteiger partial charge in [-0.25, -0.2) is 4.79 Å². The van der Waals surface area contributed by atoms with E-state index in [-0.39, 0.29) is 17.5 Å². The van der Waals surface area contributed by atoms with Crippen molar-refractivity contribution in [2.45, 2.75) is 13.0 Å². The SMILES string of the molecule is C[C@@H](CNc1ccc2[nH]cc(C(=O)O)c(=O)c2c1I)NC(=O)c1ccc(-c2ccccc2)cc1. The lowest BCUT2D eigenvalue weighted by Gasteiger charge is -2.17. The van der Waals surface area contributed by atoms with E-state index in [1.54, 1.807) is 18.2 Å². The summed E-state index contributed by atoms with van der Waals surface area (Å²) in [5.74, 6) is -1.45. The molecule has 8 heteroatoms. The Balaban J connectivity index is 1.42. The summed E-state index contributed by atoms with van der Waals surface area (Å²) in [6.07, 6.45) is 1.21. The van der Waals surface area contributed by atoms with Crippen molar-refractivity contribution in [3.05, 3.63) is 97.8 Å². The number of aromatic amines is 1. The number of aromatic carboxylic acids is 1. The van der Waals surface area contributed by atoms with Gasteiger partial charge in [0, 0.05) is 33.6 Å². The van der Waals surface area contributed by atoms with Crippen molar-refractivity contribution in [2.75, 3.05) is 11.9 Å². The molecule has 0 saturated carbocycles. The van der Waals surface area contributed by atoms with Crippen molar-refractivity contribution in [1.29, 1.82) is 0 Å². The third-order valence-corrected chi connectivity index (χ3v) is 6.57. The average Bonchev–Trinajstić information content (AvgIpc) is 2.84. The first kappa shape index (κ1) is 23.5. The predicted octanol–water partition coefficient (Wildman–Crippen LogP) is 4.73. The molecule has 4 rings (SSSR count). The average molecular weight is 567 g/mol. The zero-order valence-electron chi connectivity index (χ0n) is 18.3. The number of hydrogen-bond donors (Lipinski definition) is 4.